The monoisotopic (exact) mass is 1000 g/mol. The molecular formula is C71H66BN3S. The highest BCUT2D eigenvalue weighted by Crippen LogP contribution is 2.63. The first-order valence-corrected chi connectivity index (χ1v) is 28.3. The molecule has 374 valence electrons. The lowest BCUT2D eigenvalue weighted by Gasteiger charge is -2.44. The molecule has 0 amide bonds. The largest absolute Gasteiger partial charge is 0.311 e. The molecule has 1 unspecified atom stereocenters. The van der Waals surface area contributed by atoms with Gasteiger partial charge in [-0.15, -0.1) is 11.3 Å². The molecule has 2 aliphatic heterocycles. The highest BCUT2D eigenvalue weighted by molar-refractivity contribution is 7.33. The normalized spacial score (nSPS) is 16.2. The van der Waals surface area contributed by atoms with Crippen LogP contribution in [0.5, 0.6) is 0 Å². The Labute approximate surface area is 454 Å². The minimum Gasteiger partial charge on any atom is -0.311 e. The Morgan fingerprint density at radius 3 is 1.72 bits per heavy atom. The number of fused-ring (bicyclic) bond motifs is 15. The summed E-state index contributed by atoms with van der Waals surface area (Å²) in [4.78, 5) is 10.2. The van der Waals surface area contributed by atoms with E-state index in [2.05, 4.69) is 258 Å². The predicted molar refractivity (Wildman–Crippen MR) is 327 cm³/mol. The first-order chi connectivity index (χ1) is 36.1. The number of anilines is 6. The molecule has 3 nitrogen and oxygen atoms in total. The van der Waals surface area contributed by atoms with Gasteiger partial charge in [-0.05, 0) is 172 Å². The van der Waals surface area contributed by atoms with E-state index in [-0.39, 0.29) is 28.4 Å². The average molecular weight is 1000 g/mol. The van der Waals surface area contributed by atoms with Gasteiger partial charge in [-0.3, -0.25) is 4.98 Å². The van der Waals surface area contributed by atoms with Crippen molar-refractivity contribution in [1.29, 1.82) is 0 Å². The SMILES string of the molecule is Cc1ccc2c(c1)C1(c3ccncc3-c3cc4c5c(sc4cc31)B1c3ccc(C(C)(C)C)cc3N(c3ccc(C(C)(C)C)cc3)c3cc(C(C)(C)C)cc(c31)N5c1ccc(C(C)(C)C)cc1)c1cccc3cccc-2c13. The Morgan fingerprint density at radius 2 is 1.07 bits per heavy atom. The molecule has 0 saturated heterocycles. The van der Waals surface area contributed by atoms with E-state index in [0.717, 1.165) is 0 Å². The lowest BCUT2D eigenvalue weighted by molar-refractivity contribution is 0.589. The summed E-state index contributed by atoms with van der Waals surface area (Å²) in [6, 6.07) is 60.0. The smallest absolute Gasteiger partial charge is 0.264 e. The van der Waals surface area contributed by atoms with E-state index in [1.54, 1.807) is 0 Å². The molecule has 4 heterocycles. The van der Waals surface area contributed by atoms with Crippen molar-refractivity contribution in [3.05, 3.63) is 214 Å². The number of aryl methyl sites for hydroxylation is 1. The van der Waals surface area contributed by atoms with E-state index in [9.17, 15) is 0 Å². The summed E-state index contributed by atoms with van der Waals surface area (Å²) in [7, 11) is 0. The van der Waals surface area contributed by atoms with Gasteiger partial charge in [-0.25, -0.2) is 0 Å². The Hall–Kier alpha value is -7.21. The number of benzene rings is 8. The summed E-state index contributed by atoms with van der Waals surface area (Å²) in [5.74, 6) is 0. The fraction of sp³-hybridized carbons (Fsp3) is 0.254. The maximum absolute atomic E-state index is 4.94. The standard InChI is InChI=1S/C71H66BN3S/c1-41-20-30-49-50-18-14-16-42-17-15-19-55(63(42)50)71(56(49)34-41)54-32-33-73-40-53(54)51-38-52-62(39-57(51)71)76-66-65(52)75(48-28-23-44(24-29-48)68(5,6)7)61-37-46(70(11,12)13)36-60-64(61)72(66)58-31-25-45(69(8,9)10)35-59(58)74(60)47-26-21-43(22-27-47)67(2,3)4/h14-40H,1-13H3. The van der Waals surface area contributed by atoms with Crippen LogP contribution in [0, 0.1) is 6.92 Å². The van der Waals surface area contributed by atoms with Crippen molar-refractivity contribution < 1.29 is 0 Å². The van der Waals surface area contributed by atoms with E-state index in [4.69, 9.17) is 4.98 Å². The van der Waals surface area contributed by atoms with Crippen LogP contribution in [0.15, 0.2) is 164 Å². The van der Waals surface area contributed by atoms with Gasteiger partial charge in [-0.1, -0.05) is 180 Å². The molecular weight excluding hydrogens is 938 g/mol. The van der Waals surface area contributed by atoms with Crippen molar-refractivity contribution in [2.45, 2.75) is 117 Å². The van der Waals surface area contributed by atoms with Gasteiger partial charge in [0.15, 0.2) is 0 Å². The van der Waals surface area contributed by atoms with Gasteiger partial charge in [-0.2, -0.15) is 0 Å². The molecule has 1 atom stereocenters. The molecule has 0 bridgehead atoms. The van der Waals surface area contributed by atoms with Crippen molar-refractivity contribution in [2.24, 2.45) is 0 Å². The zero-order valence-corrected chi connectivity index (χ0v) is 47.2. The van der Waals surface area contributed by atoms with Crippen LogP contribution in [-0.4, -0.2) is 11.7 Å². The molecule has 76 heavy (non-hydrogen) atoms. The second-order valence-corrected chi connectivity index (χ2v) is 27.6. The fourth-order valence-corrected chi connectivity index (χ4v) is 15.0. The molecule has 0 saturated carbocycles. The summed E-state index contributed by atoms with van der Waals surface area (Å²) in [5.41, 5.74) is 26.5. The summed E-state index contributed by atoms with van der Waals surface area (Å²) < 4.78 is 2.69. The van der Waals surface area contributed by atoms with Crippen molar-refractivity contribution in [3.8, 4) is 22.3 Å². The zero-order valence-electron chi connectivity index (χ0n) is 46.4. The van der Waals surface area contributed by atoms with Crippen LogP contribution in [0.4, 0.5) is 34.1 Å². The Morgan fingerprint density at radius 1 is 0.474 bits per heavy atom. The molecule has 1 spiro atoms. The number of thiophene rings is 1. The Kier molecular flexibility index (Phi) is 9.76. The third-order valence-electron chi connectivity index (χ3n) is 17.6. The molecule has 10 aromatic rings. The fourth-order valence-electron chi connectivity index (χ4n) is 13.6. The van der Waals surface area contributed by atoms with Crippen LogP contribution in [0.3, 0.4) is 0 Å². The van der Waals surface area contributed by atoms with E-state index in [1.165, 1.54) is 143 Å². The quantitative estimate of drug-likeness (QED) is 0.161. The highest BCUT2D eigenvalue weighted by atomic mass is 32.1. The van der Waals surface area contributed by atoms with Crippen LogP contribution < -0.4 is 25.5 Å². The number of nitrogens with zero attached hydrogens (tertiary/aromatic N) is 3. The van der Waals surface area contributed by atoms with Crippen LogP contribution in [0.25, 0.3) is 43.1 Å². The van der Waals surface area contributed by atoms with Gasteiger partial charge in [0.2, 0.25) is 0 Å². The van der Waals surface area contributed by atoms with E-state index >= 15 is 0 Å². The summed E-state index contributed by atoms with van der Waals surface area (Å²) in [5, 5.41) is 3.90. The number of rotatable bonds is 2. The van der Waals surface area contributed by atoms with Gasteiger partial charge in [0, 0.05) is 61.3 Å². The lowest BCUT2D eigenvalue weighted by Crippen LogP contribution is -2.60. The summed E-state index contributed by atoms with van der Waals surface area (Å²) in [6.07, 6.45) is 4.17. The van der Waals surface area contributed by atoms with Crippen LogP contribution >= 0.6 is 11.3 Å². The molecule has 4 aliphatic rings. The third-order valence-corrected chi connectivity index (χ3v) is 18.8. The zero-order chi connectivity index (χ0) is 52.7. The van der Waals surface area contributed by atoms with Crippen molar-refractivity contribution in [1.82, 2.24) is 4.98 Å². The van der Waals surface area contributed by atoms with E-state index < -0.39 is 5.41 Å². The summed E-state index contributed by atoms with van der Waals surface area (Å²) >= 11 is 2.01. The number of hydrogen-bond acceptors (Lipinski definition) is 4. The molecule has 5 heteroatoms. The van der Waals surface area contributed by atoms with Gasteiger partial charge in [0.1, 0.15) is 0 Å². The average Bonchev–Trinajstić information content (AvgIpc) is 4.08. The highest BCUT2D eigenvalue weighted by Gasteiger charge is 2.52. The van der Waals surface area contributed by atoms with Crippen molar-refractivity contribution >= 4 is 88.7 Å². The molecule has 2 aliphatic carbocycles. The summed E-state index contributed by atoms with van der Waals surface area (Å²) in [6.45, 7) is 30.3. The van der Waals surface area contributed by atoms with Gasteiger partial charge in [0.05, 0.1) is 11.1 Å². The minimum absolute atomic E-state index is 0.00872. The topological polar surface area (TPSA) is 19.4 Å². The number of hydrogen-bond donors (Lipinski definition) is 0. The van der Waals surface area contributed by atoms with Gasteiger partial charge in [0.25, 0.3) is 6.71 Å². The van der Waals surface area contributed by atoms with E-state index in [1.807, 2.05) is 17.5 Å². The van der Waals surface area contributed by atoms with Crippen molar-refractivity contribution in [3.63, 3.8) is 0 Å². The first-order valence-electron chi connectivity index (χ1n) is 27.5. The minimum atomic E-state index is -0.550. The molecule has 0 N–H and O–H groups in total. The van der Waals surface area contributed by atoms with Crippen LogP contribution in [0.1, 0.15) is 133 Å². The lowest BCUT2D eigenvalue weighted by atomic mass is 9.36. The van der Waals surface area contributed by atoms with Crippen LogP contribution in [-0.2, 0) is 27.1 Å². The Balaban J connectivity index is 1.11. The molecule has 14 rings (SSSR count). The maximum atomic E-state index is 4.94. The van der Waals surface area contributed by atoms with Gasteiger partial charge >= 0.3 is 0 Å². The molecule has 2 aromatic heterocycles. The molecule has 0 radical (unpaired) electrons. The van der Waals surface area contributed by atoms with Crippen molar-refractivity contribution in [2.75, 3.05) is 9.80 Å². The van der Waals surface area contributed by atoms with E-state index in [0.29, 0.717) is 0 Å². The van der Waals surface area contributed by atoms with Crippen LogP contribution in [0.2, 0.25) is 0 Å². The molecule has 8 aromatic carbocycles. The van der Waals surface area contributed by atoms with Gasteiger partial charge < -0.3 is 9.80 Å². The Bertz CT molecular complexity index is 4110. The maximum Gasteiger partial charge on any atom is 0.264 e. The number of aromatic nitrogens is 1. The third kappa shape index (κ3) is 6.57. The number of pyridine rings is 1. The molecule has 0 fully saturated rings. The second kappa shape index (κ2) is 15.7. The predicted octanol–water partition coefficient (Wildman–Crippen LogP) is 17.4. The first kappa shape index (κ1) is 47.3. The second-order valence-electron chi connectivity index (χ2n) is 26.5.